The number of nitrogens with one attached hydrogen (secondary N) is 3. The normalized spacial score (nSPS) is 19.9. The van der Waals surface area contributed by atoms with Crippen molar-refractivity contribution in [3.63, 3.8) is 0 Å². The van der Waals surface area contributed by atoms with Gasteiger partial charge in [0.1, 0.15) is 17.3 Å². The number of primary amides is 1. The van der Waals surface area contributed by atoms with Crippen LogP contribution < -0.4 is 16.4 Å². The molecule has 6 nitrogen and oxygen atoms in total. The zero-order chi connectivity index (χ0) is 19.8. The van der Waals surface area contributed by atoms with Crippen LogP contribution in [0.2, 0.25) is 0 Å². The van der Waals surface area contributed by atoms with Crippen LogP contribution in [0.3, 0.4) is 0 Å². The number of amides is 1. The summed E-state index contributed by atoms with van der Waals surface area (Å²) < 4.78 is 27.6. The first kappa shape index (κ1) is 19.3. The minimum Gasteiger partial charge on any atom is -0.366 e. The number of carbonyl (C=O) groups is 1. The molecule has 1 aromatic rings. The van der Waals surface area contributed by atoms with Gasteiger partial charge in [0.25, 0.3) is 5.91 Å². The Labute approximate surface area is 157 Å². The van der Waals surface area contributed by atoms with Crippen LogP contribution in [0.15, 0.2) is 23.5 Å². The maximum absolute atomic E-state index is 13.9. The number of nitrogens with zero attached hydrogens (tertiary/aromatic N) is 1. The summed E-state index contributed by atoms with van der Waals surface area (Å²) in [5.41, 5.74) is 5.78. The van der Waals surface area contributed by atoms with Crippen molar-refractivity contribution < 1.29 is 13.6 Å². The predicted octanol–water partition coefficient (Wildman–Crippen LogP) is 3.08. The van der Waals surface area contributed by atoms with Crippen LogP contribution in [0.5, 0.6) is 0 Å². The Morgan fingerprint density at radius 1 is 1.37 bits per heavy atom. The highest BCUT2D eigenvalue weighted by Gasteiger charge is 2.30. The van der Waals surface area contributed by atoms with E-state index in [0.717, 1.165) is 37.6 Å². The van der Waals surface area contributed by atoms with Gasteiger partial charge in [-0.25, -0.2) is 8.78 Å². The van der Waals surface area contributed by atoms with Crippen LogP contribution in [0, 0.1) is 17.1 Å². The van der Waals surface area contributed by atoms with Crippen LogP contribution >= 0.6 is 0 Å². The summed E-state index contributed by atoms with van der Waals surface area (Å²) in [4.78, 5) is 13.7. The molecular formula is C19H25F2N5O. The minimum atomic E-state index is -1.23. The van der Waals surface area contributed by atoms with E-state index in [1.54, 1.807) is 13.8 Å². The monoisotopic (exact) mass is 377 g/mol. The van der Waals surface area contributed by atoms with Gasteiger partial charge in [-0.15, -0.1) is 0 Å². The second kappa shape index (κ2) is 7.26. The average molecular weight is 377 g/mol. The fraction of sp³-hybridized carbons (Fsp3) is 0.474. The highest BCUT2D eigenvalue weighted by molar-refractivity contribution is 6.04. The van der Waals surface area contributed by atoms with Crippen LogP contribution in [0.1, 0.15) is 37.0 Å². The van der Waals surface area contributed by atoms with Crippen molar-refractivity contribution in [3.8, 4) is 0 Å². The van der Waals surface area contributed by atoms with Crippen molar-refractivity contribution in [2.75, 3.05) is 30.3 Å². The van der Waals surface area contributed by atoms with Crippen molar-refractivity contribution >= 4 is 23.5 Å². The molecule has 0 unspecified atom stereocenters. The lowest BCUT2D eigenvalue weighted by Crippen LogP contribution is -2.41. The number of piperidine rings is 1. The van der Waals surface area contributed by atoms with E-state index in [-0.39, 0.29) is 11.5 Å². The van der Waals surface area contributed by atoms with Gasteiger partial charge in [-0.05, 0) is 57.8 Å². The number of benzene rings is 1. The zero-order valence-electron chi connectivity index (χ0n) is 15.5. The Kier molecular flexibility index (Phi) is 5.19. The number of anilines is 2. The molecule has 5 N–H and O–H groups in total. The summed E-state index contributed by atoms with van der Waals surface area (Å²) in [6.07, 6.45) is 2.86. The summed E-state index contributed by atoms with van der Waals surface area (Å²) in [7, 11) is 0. The van der Waals surface area contributed by atoms with E-state index in [2.05, 4.69) is 15.5 Å². The number of carbonyl (C=O) groups excluding carboxylic acids is 1. The van der Waals surface area contributed by atoms with Crippen molar-refractivity contribution in [2.45, 2.75) is 32.4 Å². The van der Waals surface area contributed by atoms with E-state index in [1.807, 2.05) is 0 Å². The molecule has 1 saturated heterocycles. The van der Waals surface area contributed by atoms with Gasteiger partial charge in [0.05, 0.1) is 16.9 Å². The van der Waals surface area contributed by atoms with E-state index in [0.29, 0.717) is 23.7 Å². The Hall–Kier alpha value is -2.48. The smallest absolute Gasteiger partial charge is 0.250 e. The van der Waals surface area contributed by atoms with Gasteiger partial charge in [0.2, 0.25) is 0 Å². The number of fused-ring (bicyclic) bond motifs is 1. The molecule has 146 valence electrons. The third-order valence-corrected chi connectivity index (χ3v) is 4.95. The number of nitrogens with two attached hydrogens (primary N) is 1. The van der Waals surface area contributed by atoms with Crippen LogP contribution in [0.25, 0.3) is 0 Å². The average Bonchev–Trinajstić information content (AvgIpc) is 2.98. The molecule has 1 fully saturated rings. The van der Waals surface area contributed by atoms with E-state index < -0.39 is 17.4 Å². The van der Waals surface area contributed by atoms with E-state index in [1.165, 1.54) is 12.3 Å². The number of alkyl halides is 1. The number of hydrogen-bond acceptors (Lipinski definition) is 5. The molecule has 0 radical (unpaired) electrons. The van der Waals surface area contributed by atoms with Crippen molar-refractivity contribution in [2.24, 2.45) is 11.7 Å². The van der Waals surface area contributed by atoms with Gasteiger partial charge in [-0.1, -0.05) is 0 Å². The topological polar surface area (TPSA) is 94.2 Å². The Bertz CT molecular complexity index is 792. The van der Waals surface area contributed by atoms with Crippen molar-refractivity contribution in [1.82, 2.24) is 4.90 Å². The number of halogens is 2. The molecule has 3 rings (SSSR count). The molecule has 0 aliphatic carbocycles. The number of likely N-dealkylation sites (tertiary alicyclic amines) is 1. The zero-order valence-corrected chi connectivity index (χ0v) is 15.5. The molecule has 2 heterocycles. The van der Waals surface area contributed by atoms with Gasteiger partial charge in [-0.2, -0.15) is 0 Å². The fourth-order valence-corrected chi connectivity index (χ4v) is 3.80. The molecular weight excluding hydrogens is 352 g/mol. The Morgan fingerprint density at radius 2 is 2.04 bits per heavy atom. The number of allylic oxidation sites excluding steroid dienone is 1. The molecule has 0 atom stereocenters. The SMILES string of the molecule is CC(C)(F)CN1CCC(/C(C=N)=C2\Nc3cc(F)cc(C(N)=O)c3N2)CC1. The molecule has 1 amide bonds. The molecule has 0 aromatic heterocycles. The summed E-state index contributed by atoms with van der Waals surface area (Å²) in [6.45, 7) is 5.03. The van der Waals surface area contributed by atoms with Gasteiger partial charge < -0.3 is 26.7 Å². The molecule has 8 heteroatoms. The summed E-state index contributed by atoms with van der Waals surface area (Å²) in [5, 5.41) is 14.0. The van der Waals surface area contributed by atoms with Crippen LogP contribution in [-0.4, -0.2) is 42.3 Å². The molecule has 1 aromatic carbocycles. The van der Waals surface area contributed by atoms with E-state index in [9.17, 15) is 13.6 Å². The Morgan fingerprint density at radius 3 is 2.59 bits per heavy atom. The largest absolute Gasteiger partial charge is 0.366 e. The first-order valence-electron chi connectivity index (χ1n) is 9.01. The molecule has 0 bridgehead atoms. The van der Waals surface area contributed by atoms with Crippen molar-refractivity contribution in [3.05, 3.63) is 34.9 Å². The predicted molar refractivity (Wildman–Crippen MR) is 102 cm³/mol. The lowest BCUT2D eigenvalue weighted by Gasteiger charge is -2.35. The van der Waals surface area contributed by atoms with Crippen LogP contribution in [-0.2, 0) is 0 Å². The van der Waals surface area contributed by atoms with E-state index >= 15 is 0 Å². The Balaban J connectivity index is 1.78. The third kappa shape index (κ3) is 4.27. The number of rotatable bonds is 5. The molecule has 27 heavy (non-hydrogen) atoms. The molecule has 2 aliphatic rings. The highest BCUT2D eigenvalue weighted by atomic mass is 19.1. The van der Waals surface area contributed by atoms with Crippen LogP contribution in [0.4, 0.5) is 20.2 Å². The molecule has 0 spiro atoms. The minimum absolute atomic E-state index is 0.0665. The highest BCUT2D eigenvalue weighted by Crippen LogP contribution is 2.37. The maximum atomic E-state index is 13.9. The lowest BCUT2D eigenvalue weighted by atomic mass is 9.89. The number of hydrogen-bond donors (Lipinski definition) is 4. The van der Waals surface area contributed by atoms with Gasteiger partial charge >= 0.3 is 0 Å². The fourth-order valence-electron chi connectivity index (χ4n) is 3.80. The lowest BCUT2D eigenvalue weighted by molar-refractivity contribution is 0.0999. The van der Waals surface area contributed by atoms with Gasteiger partial charge in [0, 0.05) is 18.3 Å². The first-order valence-corrected chi connectivity index (χ1v) is 9.01. The first-order chi connectivity index (χ1) is 12.7. The second-order valence-corrected chi connectivity index (χ2v) is 7.73. The molecule has 2 aliphatic heterocycles. The summed E-state index contributed by atoms with van der Waals surface area (Å²) in [6, 6.07) is 2.38. The quantitative estimate of drug-likeness (QED) is 0.593. The second-order valence-electron chi connectivity index (χ2n) is 7.73. The summed E-state index contributed by atoms with van der Waals surface area (Å²) >= 11 is 0. The maximum Gasteiger partial charge on any atom is 0.250 e. The van der Waals surface area contributed by atoms with Gasteiger partial charge in [0.15, 0.2) is 0 Å². The van der Waals surface area contributed by atoms with E-state index in [4.69, 9.17) is 11.1 Å². The molecule has 0 saturated carbocycles. The standard InChI is InChI=1S/C19H25F2N5O/c1-19(2,21)10-26-5-3-11(4-6-26)14(9-22)18-24-15-8-12(20)7-13(17(23)27)16(15)25-18/h7-9,11,22,24-25H,3-6,10H2,1-2H3,(H2,23,27)/b18-14+,22-9?. The third-order valence-electron chi connectivity index (χ3n) is 4.95. The van der Waals surface area contributed by atoms with Crippen molar-refractivity contribution in [1.29, 1.82) is 5.41 Å². The van der Waals surface area contributed by atoms with Gasteiger partial charge in [-0.3, -0.25) is 4.79 Å². The summed E-state index contributed by atoms with van der Waals surface area (Å²) in [5.74, 6) is -0.596.